The van der Waals surface area contributed by atoms with Gasteiger partial charge in [0.15, 0.2) is 0 Å². The molecule has 0 radical (unpaired) electrons. The lowest BCUT2D eigenvalue weighted by molar-refractivity contribution is -0.130. The third kappa shape index (κ3) is 7.63. The van der Waals surface area contributed by atoms with Crippen molar-refractivity contribution in [2.24, 2.45) is 5.73 Å². The first-order valence-corrected chi connectivity index (χ1v) is 15.2. The van der Waals surface area contributed by atoms with Crippen LogP contribution in [0.25, 0.3) is 10.8 Å². The number of ether oxygens (including phenoxy) is 2. The quantitative estimate of drug-likeness (QED) is 0.314. The number of amides is 4. The number of methoxy groups -OCH3 is 1. The lowest BCUT2D eigenvalue weighted by atomic mass is 10.00. The minimum atomic E-state index is -1.22. The van der Waals surface area contributed by atoms with E-state index in [4.69, 9.17) is 15.2 Å². The number of carboxylic acids is 1. The van der Waals surface area contributed by atoms with Crippen molar-refractivity contribution in [2.75, 3.05) is 37.0 Å². The summed E-state index contributed by atoms with van der Waals surface area (Å²) in [4.78, 5) is 69.9. The zero-order chi connectivity index (χ0) is 34.6. The number of carboxylic acid groups (broad SMARTS) is 1. The SMILES string of the molecule is COc1ccc2cc(C(=O)O)ccc2c1CN1C(=O)C(NC(=O)C(C)N(C)C(=O)OC(C)(C)C)CN(C(=O)CCN)c2ccccc21. The molecule has 47 heavy (non-hydrogen) atoms. The number of likely N-dealkylation sites (N-methyl/N-ethyl adjacent to an activating group) is 1. The summed E-state index contributed by atoms with van der Waals surface area (Å²) >= 11 is 0. The Bertz CT molecular complexity index is 1700. The summed E-state index contributed by atoms with van der Waals surface area (Å²) in [6.45, 7) is 6.50. The first kappa shape index (κ1) is 34.7. The molecule has 0 saturated carbocycles. The van der Waals surface area contributed by atoms with Gasteiger partial charge in [-0.25, -0.2) is 9.59 Å². The van der Waals surface area contributed by atoms with Gasteiger partial charge in [-0.1, -0.05) is 24.3 Å². The number of hydrogen-bond donors (Lipinski definition) is 3. The van der Waals surface area contributed by atoms with E-state index in [0.29, 0.717) is 33.5 Å². The Kier molecular flexibility index (Phi) is 10.4. The van der Waals surface area contributed by atoms with Crippen LogP contribution in [0.2, 0.25) is 0 Å². The molecule has 3 aromatic rings. The van der Waals surface area contributed by atoms with E-state index in [-0.39, 0.29) is 37.5 Å². The van der Waals surface area contributed by atoms with E-state index in [1.165, 1.54) is 43.0 Å². The van der Waals surface area contributed by atoms with E-state index >= 15 is 0 Å². The highest BCUT2D eigenvalue weighted by Crippen LogP contribution is 2.37. The standard InChI is InChI=1S/C34H41N5O8/c1-20(37(5)33(45)47-34(2,3)4)30(41)36-25-19-38(29(40)15-16-35)26-9-7-8-10-27(26)39(31(25)42)18-24-23-13-11-22(32(43)44)17-21(23)12-14-28(24)46-6/h7-14,17,20,25H,15-16,18-19,35H2,1-6H3,(H,36,41)(H,43,44). The molecule has 0 saturated heterocycles. The van der Waals surface area contributed by atoms with Crippen molar-refractivity contribution < 1.29 is 38.6 Å². The number of aromatic carboxylic acids is 1. The molecule has 0 aliphatic carbocycles. The van der Waals surface area contributed by atoms with E-state index in [2.05, 4.69) is 5.32 Å². The van der Waals surface area contributed by atoms with Crippen molar-refractivity contribution in [3.8, 4) is 5.75 Å². The molecule has 1 aliphatic heterocycles. The summed E-state index contributed by atoms with van der Waals surface area (Å²) in [5, 5.41) is 13.6. The van der Waals surface area contributed by atoms with Crippen LogP contribution in [-0.4, -0.2) is 84.7 Å². The van der Waals surface area contributed by atoms with Crippen molar-refractivity contribution in [1.29, 1.82) is 0 Å². The summed E-state index contributed by atoms with van der Waals surface area (Å²) in [6, 6.07) is 12.8. The zero-order valence-electron chi connectivity index (χ0n) is 27.4. The van der Waals surface area contributed by atoms with E-state index in [0.717, 1.165) is 4.90 Å². The van der Waals surface area contributed by atoms with Gasteiger partial charge in [0.05, 0.1) is 37.1 Å². The molecule has 0 fully saturated rings. The second kappa shape index (κ2) is 14.1. The highest BCUT2D eigenvalue weighted by Gasteiger charge is 2.38. The zero-order valence-corrected chi connectivity index (χ0v) is 27.4. The van der Waals surface area contributed by atoms with Gasteiger partial charge in [0, 0.05) is 25.6 Å². The molecule has 0 aromatic heterocycles. The Morgan fingerprint density at radius 3 is 2.38 bits per heavy atom. The lowest BCUT2D eigenvalue weighted by Crippen LogP contribution is -2.57. The summed E-state index contributed by atoms with van der Waals surface area (Å²) in [6.07, 6.45) is -0.709. The fourth-order valence-electron chi connectivity index (χ4n) is 5.33. The Labute approximate surface area is 273 Å². The van der Waals surface area contributed by atoms with Gasteiger partial charge in [-0.05, 0) is 68.8 Å². The molecule has 2 atom stereocenters. The average molecular weight is 648 g/mol. The Balaban J connectivity index is 1.78. The monoisotopic (exact) mass is 647 g/mol. The molecule has 13 heteroatoms. The maximum absolute atomic E-state index is 14.5. The van der Waals surface area contributed by atoms with Gasteiger partial charge in [0.1, 0.15) is 23.4 Å². The van der Waals surface area contributed by atoms with E-state index < -0.39 is 41.6 Å². The number of hydrogen-bond acceptors (Lipinski definition) is 8. The average Bonchev–Trinajstić information content (AvgIpc) is 3.13. The largest absolute Gasteiger partial charge is 0.496 e. The van der Waals surface area contributed by atoms with Crippen molar-refractivity contribution in [3.63, 3.8) is 0 Å². The molecular weight excluding hydrogens is 606 g/mol. The maximum Gasteiger partial charge on any atom is 0.410 e. The Morgan fingerprint density at radius 2 is 1.77 bits per heavy atom. The van der Waals surface area contributed by atoms with Gasteiger partial charge in [0.2, 0.25) is 11.8 Å². The molecule has 4 rings (SSSR count). The number of benzene rings is 3. The summed E-state index contributed by atoms with van der Waals surface area (Å²) in [7, 11) is 2.92. The predicted octanol–water partition coefficient (Wildman–Crippen LogP) is 3.52. The highest BCUT2D eigenvalue weighted by atomic mass is 16.6. The van der Waals surface area contributed by atoms with Gasteiger partial charge in [-0.2, -0.15) is 0 Å². The summed E-state index contributed by atoms with van der Waals surface area (Å²) in [5.74, 6) is -2.09. The number of carbonyl (C=O) groups excluding carboxylic acids is 4. The second-order valence-corrected chi connectivity index (χ2v) is 12.3. The number of anilines is 2. The molecule has 1 aliphatic rings. The van der Waals surface area contributed by atoms with Crippen molar-refractivity contribution in [2.45, 2.75) is 58.3 Å². The minimum Gasteiger partial charge on any atom is -0.496 e. The number of fused-ring (bicyclic) bond motifs is 2. The smallest absolute Gasteiger partial charge is 0.410 e. The first-order valence-electron chi connectivity index (χ1n) is 15.2. The third-order valence-corrected chi connectivity index (χ3v) is 7.88. The normalized spacial score (nSPS) is 15.4. The van der Waals surface area contributed by atoms with E-state index in [1.807, 2.05) is 0 Å². The van der Waals surface area contributed by atoms with Crippen LogP contribution in [0.1, 0.15) is 50.0 Å². The number of carbonyl (C=O) groups is 5. The van der Waals surface area contributed by atoms with Crippen molar-refractivity contribution in [3.05, 3.63) is 65.7 Å². The topological polar surface area (TPSA) is 172 Å². The highest BCUT2D eigenvalue weighted by molar-refractivity contribution is 6.09. The molecule has 4 N–H and O–H groups in total. The van der Waals surface area contributed by atoms with Crippen molar-refractivity contribution in [1.82, 2.24) is 10.2 Å². The Hall–Kier alpha value is -5.17. The van der Waals surface area contributed by atoms with Gasteiger partial charge < -0.3 is 35.4 Å². The summed E-state index contributed by atoms with van der Waals surface area (Å²) in [5.41, 5.74) is 6.51. The third-order valence-electron chi connectivity index (χ3n) is 7.88. The van der Waals surface area contributed by atoms with Gasteiger partial charge in [-0.15, -0.1) is 0 Å². The number of nitrogens with zero attached hydrogens (tertiary/aromatic N) is 3. The minimum absolute atomic E-state index is 0.00400. The maximum atomic E-state index is 14.5. The van der Waals surface area contributed by atoms with Crippen LogP contribution >= 0.6 is 0 Å². The van der Waals surface area contributed by atoms with Crippen LogP contribution < -0.4 is 25.6 Å². The molecule has 0 spiro atoms. The van der Waals surface area contributed by atoms with E-state index in [9.17, 15) is 29.1 Å². The molecule has 1 heterocycles. The molecule has 13 nitrogen and oxygen atoms in total. The number of para-hydroxylation sites is 2. The van der Waals surface area contributed by atoms with Crippen LogP contribution in [0.5, 0.6) is 5.75 Å². The summed E-state index contributed by atoms with van der Waals surface area (Å²) < 4.78 is 11.1. The fraction of sp³-hybridized carbons (Fsp3) is 0.382. The molecule has 3 aromatic carbocycles. The van der Waals surface area contributed by atoms with Crippen LogP contribution in [0.3, 0.4) is 0 Å². The number of rotatable bonds is 9. The molecule has 250 valence electrons. The van der Waals surface area contributed by atoms with Gasteiger partial charge in [-0.3, -0.25) is 19.3 Å². The van der Waals surface area contributed by atoms with E-state index in [1.54, 1.807) is 63.2 Å². The Morgan fingerprint density at radius 1 is 1.09 bits per heavy atom. The molecular formula is C34H41N5O8. The van der Waals surface area contributed by atoms with Crippen molar-refractivity contribution >= 4 is 51.9 Å². The van der Waals surface area contributed by atoms with Crippen LogP contribution in [0.4, 0.5) is 16.2 Å². The predicted molar refractivity (Wildman–Crippen MR) is 177 cm³/mol. The van der Waals surface area contributed by atoms with Gasteiger partial charge >= 0.3 is 12.1 Å². The number of nitrogens with one attached hydrogen (secondary N) is 1. The molecule has 0 bridgehead atoms. The second-order valence-electron chi connectivity index (χ2n) is 12.3. The molecule has 4 amide bonds. The van der Waals surface area contributed by atoms with Crippen LogP contribution in [0.15, 0.2) is 54.6 Å². The van der Waals surface area contributed by atoms with Gasteiger partial charge in [0.25, 0.3) is 5.91 Å². The first-order chi connectivity index (χ1) is 22.2. The van der Waals surface area contributed by atoms with Crippen LogP contribution in [-0.2, 0) is 25.7 Å². The molecule has 2 unspecified atom stereocenters. The van der Waals surface area contributed by atoms with Crippen LogP contribution in [0, 0.1) is 0 Å². The lowest BCUT2D eigenvalue weighted by Gasteiger charge is -2.30. The fourth-order valence-corrected chi connectivity index (χ4v) is 5.33. The number of nitrogens with two attached hydrogens (primary N) is 1.